The number of anilines is 1. The summed E-state index contributed by atoms with van der Waals surface area (Å²) in [6.07, 6.45) is 1.43. The van der Waals surface area contributed by atoms with Gasteiger partial charge in [-0.1, -0.05) is 60.7 Å². The molecule has 7 nitrogen and oxygen atoms in total. The summed E-state index contributed by atoms with van der Waals surface area (Å²) in [6, 6.07) is 19.2. The molecule has 160 valence electrons. The number of carbonyl (C=O) groups excluding carboxylic acids is 2. The number of likely N-dealkylation sites (N-methyl/N-ethyl adjacent to an activating group) is 1. The smallest absolute Gasteiger partial charge is 0.343 e. The molecule has 7 heteroatoms. The number of esters is 1. The molecule has 0 spiro atoms. The Bertz CT molecular complexity index is 1010. The standard InChI is InChI=1S/C24H26N4O3/c1-3-28(17-18-11-7-5-8-12-18)21(29)16-26-23-20(24(30)31-4-2)15-25-22(27-23)19-13-9-6-10-14-19/h5-15H,3-4,16-17H2,1-2H3,(H,25,26,27). The lowest BCUT2D eigenvalue weighted by Gasteiger charge is -2.21. The largest absolute Gasteiger partial charge is 0.462 e. The van der Waals surface area contributed by atoms with Crippen molar-refractivity contribution in [3.05, 3.63) is 78.0 Å². The van der Waals surface area contributed by atoms with Crippen molar-refractivity contribution < 1.29 is 14.3 Å². The van der Waals surface area contributed by atoms with Crippen LogP contribution >= 0.6 is 0 Å². The second-order valence-corrected chi connectivity index (χ2v) is 6.79. The van der Waals surface area contributed by atoms with Gasteiger partial charge in [-0.2, -0.15) is 0 Å². The molecule has 0 atom stereocenters. The number of nitrogens with zero attached hydrogens (tertiary/aromatic N) is 3. The first kappa shape index (κ1) is 22.0. The monoisotopic (exact) mass is 418 g/mol. The zero-order valence-electron chi connectivity index (χ0n) is 17.7. The summed E-state index contributed by atoms with van der Waals surface area (Å²) < 4.78 is 5.11. The van der Waals surface area contributed by atoms with E-state index in [0.29, 0.717) is 18.9 Å². The van der Waals surface area contributed by atoms with Crippen molar-refractivity contribution in [2.45, 2.75) is 20.4 Å². The van der Waals surface area contributed by atoms with Crippen molar-refractivity contribution >= 4 is 17.7 Å². The summed E-state index contributed by atoms with van der Waals surface area (Å²) in [6.45, 7) is 4.98. The zero-order valence-corrected chi connectivity index (χ0v) is 17.7. The van der Waals surface area contributed by atoms with Crippen LogP contribution in [0.5, 0.6) is 0 Å². The maximum atomic E-state index is 12.8. The number of benzene rings is 2. The minimum absolute atomic E-state index is 0.00167. The quantitative estimate of drug-likeness (QED) is 0.533. The molecule has 1 amide bonds. The van der Waals surface area contributed by atoms with E-state index >= 15 is 0 Å². The maximum Gasteiger partial charge on any atom is 0.343 e. The van der Waals surface area contributed by atoms with E-state index in [-0.39, 0.29) is 30.4 Å². The van der Waals surface area contributed by atoms with Gasteiger partial charge in [-0.05, 0) is 19.4 Å². The lowest BCUT2D eigenvalue weighted by atomic mass is 10.2. The topological polar surface area (TPSA) is 84.4 Å². The summed E-state index contributed by atoms with van der Waals surface area (Å²) in [5.74, 6) is 0.103. The average Bonchev–Trinajstić information content (AvgIpc) is 2.82. The first-order valence-corrected chi connectivity index (χ1v) is 10.3. The van der Waals surface area contributed by atoms with Gasteiger partial charge in [0.25, 0.3) is 0 Å². The molecule has 1 N–H and O–H groups in total. The SMILES string of the molecule is CCOC(=O)c1cnc(-c2ccccc2)nc1NCC(=O)N(CC)Cc1ccccc1. The third kappa shape index (κ3) is 5.88. The van der Waals surface area contributed by atoms with E-state index in [1.54, 1.807) is 11.8 Å². The van der Waals surface area contributed by atoms with E-state index in [2.05, 4.69) is 15.3 Å². The van der Waals surface area contributed by atoms with Crippen LogP contribution in [0.3, 0.4) is 0 Å². The van der Waals surface area contributed by atoms with Gasteiger partial charge in [-0.3, -0.25) is 4.79 Å². The fourth-order valence-corrected chi connectivity index (χ4v) is 3.05. The number of hydrogen-bond donors (Lipinski definition) is 1. The summed E-state index contributed by atoms with van der Waals surface area (Å²) in [5, 5.41) is 3.02. The molecule has 0 aliphatic rings. The Labute approximate surface area is 182 Å². The Balaban J connectivity index is 1.79. The van der Waals surface area contributed by atoms with Crippen molar-refractivity contribution in [1.82, 2.24) is 14.9 Å². The van der Waals surface area contributed by atoms with Crippen molar-refractivity contribution in [3.63, 3.8) is 0 Å². The maximum absolute atomic E-state index is 12.8. The van der Waals surface area contributed by atoms with E-state index < -0.39 is 5.97 Å². The summed E-state index contributed by atoms with van der Waals surface area (Å²) >= 11 is 0. The van der Waals surface area contributed by atoms with Crippen molar-refractivity contribution in [2.75, 3.05) is 25.0 Å². The van der Waals surface area contributed by atoms with Gasteiger partial charge in [0.2, 0.25) is 5.91 Å². The Hall–Kier alpha value is -3.74. The molecule has 1 aromatic heterocycles. The van der Waals surface area contributed by atoms with Crippen LogP contribution in [0.2, 0.25) is 0 Å². The lowest BCUT2D eigenvalue weighted by molar-refractivity contribution is -0.129. The van der Waals surface area contributed by atoms with Gasteiger partial charge < -0.3 is 15.0 Å². The second kappa shape index (κ2) is 10.9. The molecule has 3 rings (SSSR count). The van der Waals surface area contributed by atoms with Crippen LogP contribution in [0.25, 0.3) is 11.4 Å². The van der Waals surface area contributed by atoms with Gasteiger partial charge in [0, 0.05) is 24.8 Å². The summed E-state index contributed by atoms with van der Waals surface area (Å²) in [5.41, 5.74) is 2.06. The number of carbonyl (C=O) groups is 2. The van der Waals surface area contributed by atoms with Gasteiger partial charge in [-0.15, -0.1) is 0 Å². The fraction of sp³-hybridized carbons (Fsp3) is 0.250. The highest BCUT2D eigenvalue weighted by atomic mass is 16.5. The molecule has 2 aromatic carbocycles. The number of amides is 1. The van der Waals surface area contributed by atoms with Gasteiger partial charge in [0.05, 0.1) is 13.2 Å². The molecule has 0 saturated heterocycles. The van der Waals surface area contributed by atoms with Gasteiger partial charge in [-0.25, -0.2) is 14.8 Å². The van der Waals surface area contributed by atoms with Crippen LogP contribution in [-0.4, -0.2) is 46.4 Å². The average molecular weight is 418 g/mol. The molecule has 0 aliphatic heterocycles. The molecule has 0 aliphatic carbocycles. The minimum Gasteiger partial charge on any atom is -0.462 e. The molecule has 0 fully saturated rings. The molecule has 0 saturated carbocycles. The van der Waals surface area contributed by atoms with E-state index in [4.69, 9.17) is 4.74 Å². The Morgan fingerprint density at radius 2 is 1.68 bits per heavy atom. The predicted octanol–water partition coefficient (Wildman–Crippen LogP) is 3.78. The molecule has 0 unspecified atom stereocenters. The third-order valence-electron chi connectivity index (χ3n) is 4.67. The van der Waals surface area contributed by atoms with Crippen molar-refractivity contribution in [2.24, 2.45) is 0 Å². The van der Waals surface area contributed by atoms with Gasteiger partial charge in [0.15, 0.2) is 5.82 Å². The molecule has 31 heavy (non-hydrogen) atoms. The van der Waals surface area contributed by atoms with Crippen LogP contribution in [-0.2, 0) is 16.1 Å². The molecule has 0 radical (unpaired) electrons. The third-order valence-corrected chi connectivity index (χ3v) is 4.67. The van der Waals surface area contributed by atoms with Crippen LogP contribution in [0.15, 0.2) is 66.9 Å². The van der Waals surface area contributed by atoms with Gasteiger partial charge >= 0.3 is 5.97 Å². The molecular weight excluding hydrogens is 392 g/mol. The van der Waals surface area contributed by atoms with Crippen LogP contribution < -0.4 is 5.32 Å². The first-order chi connectivity index (χ1) is 15.1. The molecule has 1 heterocycles. The Morgan fingerprint density at radius 3 is 2.32 bits per heavy atom. The Morgan fingerprint density at radius 1 is 1.00 bits per heavy atom. The number of hydrogen-bond acceptors (Lipinski definition) is 6. The van der Waals surface area contributed by atoms with E-state index in [0.717, 1.165) is 11.1 Å². The van der Waals surface area contributed by atoms with Crippen LogP contribution in [0, 0.1) is 0 Å². The van der Waals surface area contributed by atoms with Crippen molar-refractivity contribution in [3.8, 4) is 11.4 Å². The summed E-state index contributed by atoms with van der Waals surface area (Å²) in [4.78, 5) is 35.7. The van der Waals surface area contributed by atoms with Gasteiger partial charge in [0.1, 0.15) is 11.4 Å². The number of aromatic nitrogens is 2. The second-order valence-electron chi connectivity index (χ2n) is 6.79. The number of rotatable bonds is 9. The van der Waals surface area contributed by atoms with Crippen LogP contribution in [0.4, 0.5) is 5.82 Å². The highest BCUT2D eigenvalue weighted by molar-refractivity contribution is 5.95. The fourth-order valence-electron chi connectivity index (χ4n) is 3.05. The lowest BCUT2D eigenvalue weighted by Crippen LogP contribution is -2.35. The van der Waals surface area contributed by atoms with E-state index in [9.17, 15) is 9.59 Å². The minimum atomic E-state index is -0.534. The van der Waals surface area contributed by atoms with Crippen LogP contribution in [0.1, 0.15) is 29.8 Å². The molecule has 3 aromatic rings. The highest BCUT2D eigenvalue weighted by Crippen LogP contribution is 2.20. The normalized spacial score (nSPS) is 10.4. The first-order valence-electron chi connectivity index (χ1n) is 10.3. The molecular formula is C24H26N4O3. The predicted molar refractivity (Wildman–Crippen MR) is 119 cm³/mol. The number of nitrogens with one attached hydrogen (secondary N) is 1. The van der Waals surface area contributed by atoms with Crippen molar-refractivity contribution in [1.29, 1.82) is 0 Å². The van der Waals surface area contributed by atoms with E-state index in [1.165, 1.54) is 6.20 Å². The molecule has 0 bridgehead atoms. The van der Waals surface area contributed by atoms with E-state index in [1.807, 2.05) is 67.6 Å². The summed E-state index contributed by atoms with van der Waals surface area (Å²) in [7, 11) is 0. The zero-order chi connectivity index (χ0) is 22.1. The Kier molecular flexibility index (Phi) is 7.70. The number of ether oxygens (including phenoxy) is 1. The highest BCUT2D eigenvalue weighted by Gasteiger charge is 2.19.